The molecule has 1 unspecified atom stereocenters. The first-order valence-corrected chi connectivity index (χ1v) is 44.5. The van der Waals surface area contributed by atoms with Crippen LogP contribution in [0.25, 0.3) is 5.70 Å². The molecule has 6 aliphatic heterocycles. The number of carboxylic acids is 1. The molecule has 44 heteroatoms. The molecular formula is C90H122B2F8N18NaO14S. The Kier molecular flexibility index (Phi) is 47.3. The van der Waals surface area contributed by atoms with Crippen LogP contribution in [0.4, 0.5) is 67.7 Å². The molecule has 0 spiro atoms. The number of piperidine rings is 3. The summed E-state index contributed by atoms with van der Waals surface area (Å²) in [6, 6.07) is 18.3. The van der Waals surface area contributed by atoms with E-state index >= 15 is 0 Å². The van der Waals surface area contributed by atoms with Crippen molar-refractivity contribution in [3.8, 4) is 0 Å². The number of carboxylic acid groups (broad SMARTS) is 1. The van der Waals surface area contributed by atoms with Crippen molar-refractivity contribution < 1.29 is 132 Å². The van der Waals surface area contributed by atoms with Gasteiger partial charge in [0, 0.05) is 100.0 Å². The number of likely N-dealkylation sites (tertiary alicyclic amines) is 2. The quantitative estimate of drug-likeness (QED) is 0.0145. The molecule has 3 saturated heterocycles. The number of carbonyl (C=O) groups is 6. The van der Waals surface area contributed by atoms with Gasteiger partial charge in [0.25, 0.3) is 0 Å². The molecule has 7 aromatic rings. The van der Waals surface area contributed by atoms with Crippen LogP contribution in [0.2, 0.25) is 0 Å². The van der Waals surface area contributed by atoms with Crippen molar-refractivity contribution >= 4 is 101 Å². The minimum absolute atomic E-state index is 0. The van der Waals surface area contributed by atoms with Crippen molar-refractivity contribution in [3.63, 3.8) is 0 Å². The van der Waals surface area contributed by atoms with Gasteiger partial charge in [0.1, 0.15) is 22.8 Å². The summed E-state index contributed by atoms with van der Waals surface area (Å²) in [6.45, 7) is 29.7. The smallest absolute Gasteiger partial charge is 1.00 e. The van der Waals surface area contributed by atoms with Gasteiger partial charge < -0.3 is 73.2 Å². The number of nitrogens with one attached hydrogen (secondary N) is 3. The molecule has 725 valence electrons. The molecule has 5 amide bonds. The summed E-state index contributed by atoms with van der Waals surface area (Å²) in [7, 11) is -5.27. The second-order valence-corrected chi connectivity index (χ2v) is 36.2. The summed E-state index contributed by atoms with van der Waals surface area (Å²) in [5.41, 5.74) is 17.8. The summed E-state index contributed by atoms with van der Waals surface area (Å²) in [6.07, 6.45) is 22.5. The Morgan fingerprint density at radius 2 is 1.04 bits per heavy atom. The third kappa shape index (κ3) is 39.7. The third-order valence-electron chi connectivity index (χ3n) is 20.7. The van der Waals surface area contributed by atoms with E-state index in [2.05, 4.69) is 92.7 Å². The van der Waals surface area contributed by atoms with Gasteiger partial charge in [-0.3, -0.25) is 24.3 Å². The first kappa shape index (κ1) is 116. The number of nitrogens with two attached hydrogens (primary N) is 3. The molecule has 13 heterocycles. The SMILES string of the molecule is CCc1cc(NC(=O)C(=O)N2C[C@@H](C)CC[C@@H]2c2ccc(F)nc2)cnc1N.CCc1cc(NC(=O)C(=O)O)cnc1N.CN1CCC(N)CC1.C[C@H]1CC=C(OS(=O)(=O)C(F)(F)F)N(C(=O)OC(C)(C)C)C1.C[C@H]1CC=C(c2ccc(F)nc2)N(C(=O)OC(C)(C)C)C1.C[C@H]1CCC(c2ccc(F)nc2)=NC1.C[C@H]1CCC(c2ccc(F)nc2)NC1.OB(O)c1ccc(F)nc1.[B].[H-].[Na+]. The van der Waals surface area contributed by atoms with E-state index in [1.807, 2.05) is 53.7 Å². The molecule has 0 saturated carbocycles. The molecule has 13 rings (SSSR count). The Hall–Kier alpha value is -10.7. The predicted octanol–water partition coefficient (Wildman–Crippen LogP) is 10.2. The Morgan fingerprint density at radius 3 is 1.48 bits per heavy atom. The monoisotopic (exact) mass is 1910 g/mol. The van der Waals surface area contributed by atoms with Gasteiger partial charge in [-0.25, -0.2) is 54.2 Å². The van der Waals surface area contributed by atoms with Crippen molar-refractivity contribution in [1.82, 2.24) is 59.8 Å². The van der Waals surface area contributed by atoms with Crippen molar-refractivity contribution in [2.75, 3.05) is 75.0 Å². The first-order chi connectivity index (χ1) is 61.9. The zero-order valence-corrected chi connectivity index (χ0v) is 81.0. The van der Waals surface area contributed by atoms with E-state index in [-0.39, 0.29) is 81.8 Å². The van der Waals surface area contributed by atoms with Crippen LogP contribution in [-0.4, -0.2) is 211 Å². The molecule has 134 heavy (non-hydrogen) atoms. The number of aromatic nitrogens is 7. The number of aliphatic carboxylic acids is 1. The van der Waals surface area contributed by atoms with Crippen molar-refractivity contribution in [2.45, 2.75) is 202 Å². The maximum Gasteiger partial charge on any atom is 1.00 e. The van der Waals surface area contributed by atoms with Gasteiger partial charge in [-0.05, 0) is 258 Å². The number of aliphatic imine (C=N–C) groups is 1. The van der Waals surface area contributed by atoms with Gasteiger partial charge >= 0.3 is 88.2 Å². The predicted molar refractivity (Wildman–Crippen MR) is 491 cm³/mol. The number of allylic oxidation sites excluding steroid dienone is 2. The fourth-order valence-corrected chi connectivity index (χ4v) is 13.9. The zero-order valence-electron chi connectivity index (χ0n) is 79.2. The van der Waals surface area contributed by atoms with Gasteiger partial charge in [-0.2, -0.15) is 43.5 Å². The fraction of sp³-hybridized carbons (Fsp3) is 0.489. The number of nitrogen functional groups attached to an aromatic ring is 2. The molecule has 0 bridgehead atoms. The number of anilines is 4. The van der Waals surface area contributed by atoms with Gasteiger partial charge in [0.2, 0.25) is 35.6 Å². The first-order valence-electron chi connectivity index (χ1n) is 43.1. The minimum Gasteiger partial charge on any atom is -1.00 e. The summed E-state index contributed by atoms with van der Waals surface area (Å²) in [4.78, 5) is 107. The molecule has 3 radical (unpaired) electrons. The minimum atomic E-state index is -5.84. The van der Waals surface area contributed by atoms with E-state index in [0.29, 0.717) is 84.8 Å². The number of pyridine rings is 7. The number of halogens is 8. The standard InChI is InChI=1S/C20H24FN5O2.C16H21FN2O2.C12H18F3NO5S.C11H15FN2.C11H13FN2.C9H11N3O3.C6H14N2.C5H5BFNO2.B.Na.H/c1-3-13-8-15(10-24-18(13)22)25-19(27)20(28)26-11-12(2)4-6-16(26)14-5-7-17(21)23-9-14;1-11-5-7-13(12-6-8-14(17)18-9-12)19(10-11)15(20)21-16(2,3)4;1-8-5-6-9(21-22(18,19)12(13,14)15)16(7-8)10(17)20-11(2,3)4;2*1-8-2-4-10(13-6-8)9-3-5-11(12)14-7-9;1-2-5-3-6(4-11-7(5)10)12-8(13)9(14)15;1-8-4-2-6(7)3-5-8;7-5-2-1-4(3-8-5)6(9)10;;;/h5,7-10,12,16H,3-4,6,11H2,1-2H3,(H2,22,24)(H,25,27);6-9,11H,5,10H2,1-4H3;6,8H,5,7H2,1-4H3;3,5,7-8,10,13H,2,4,6H2,1H3;3,5,7-8H,2,4,6H2,1H3;3-4H,2H2,1H3,(H2,10,11)(H,12,13)(H,14,15);6H,2-5,7H2,1H3;1-3,9-10H;;;/q;;;;;;;;;+1;-1/t12-,16+;11-;8-;8-,10?;8-;;;;;;/m00000....../s1. The second kappa shape index (κ2) is 54.8. The summed E-state index contributed by atoms with van der Waals surface area (Å²) in [5.74, 6) is -4.51. The number of amides is 5. The van der Waals surface area contributed by atoms with Crippen LogP contribution >= 0.6 is 0 Å². The van der Waals surface area contributed by atoms with E-state index in [0.717, 1.165) is 114 Å². The molecule has 7 aromatic heterocycles. The van der Waals surface area contributed by atoms with E-state index < -0.39 is 99.4 Å². The number of nitrogens with zero attached hydrogens (tertiary/aromatic N) is 12. The summed E-state index contributed by atoms with van der Waals surface area (Å²) >= 11 is 0. The van der Waals surface area contributed by atoms with Crippen molar-refractivity contribution in [1.29, 1.82) is 0 Å². The molecule has 3 fully saturated rings. The van der Waals surface area contributed by atoms with E-state index in [1.165, 1.54) is 87.5 Å². The molecule has 12 N–H and O–H groups in total. The fourth-order valence-electron chi connectivity index (χ4n) is 13.4. The Balaban J connectivity index is 0.000000406. The van der Waals surface area contributed by atoms with Crippen LogP contribution < -0.4 is 68.2 Å². The Labute approximate surface area is 803 Å². The number of aryl methyl sites for hydroxylation is 2. The van der Waals surface area contributed by atoms with Crippen LogP contribution in [0, 0.1) is 59.3 Å². The third-order valence-corrected chi connectivity index (χ3v) is 21.7. The normalized spacial score (nSPS) is 18.9. The second-order valence-electron chi connectivity index (χ2n) is 34.7. The maximum absolute atomic E-state index is 13.2. The molecular weight excluding hydrogens is 1790 g/mol. The number of rotatable bonds is 11. The number of carbonyl (C=O) groups excluding carboxylic acids is 5. The number of alkyl halides is 3. The summed E-state index contributed by atoms with van der Waals surface area (Å²) in [5, 5.41) is 33.6. The largest absolute Gasteiger partial charge is 1.00 e. The maximum atomic E-state index is 13.2. The van der Waals surface area contributed by atoms with Crippen LogP contribution in [0.15, 0.2) is 139 Å². The topological polar surface area (TPSA) is 455 Å². The van der Waals surface area contributed by atoms with E-state index in [9.17, 15) is 72.3 Å². The van der Waals surface area contributed by atoms with E-state index in [4.69, 9.17) is 41.8 Å². The molecule has 0 aliphatic carbocycles. The number of hydrogen-bond donors (Lipinski definition) is 9. The average molecular weight is 1910 g/mol. The summed E-state index contributed by atoms with van der Waals surface area (Å²) < 4.78 is 137. The average Bonchev–Trinajstić information content (AvgIpc) is 0.799. The zero-order chi connectivity index (χ0) is 98.1. The van der Waals surface area contributed by atoms with E-state index in [1.54, 1.807) is 80.2 Å². The van der Waals surface area contributed by atoms with Gasteiger partial charge in [0.05, 0.1) is 35.5 Å². The van der Waals surface area contributed by atoms with Gasteiger partial charge in [-0.1, -0.05) is 72.7 Å². The van der Waals surface area contributed by atoms with Crippen LogP contribution in [-0.2, 0) is 55.8 Å². The molecule has 32 nitrogen and oxygen atoms in total. The van der Waals surface area contributed by atoms with Gasteiger partial charge in [0.15, 0.2) is 0 Å². The van der Waals surface area contributed by atoms with Crippen LogP contribution in [0.3, 0.4) is 0 Å². The van der Waals surface area contributed by atoms with Crippen molar-refractivity contribution in [3.05, 3.63) is 197 Å². The molecule has 6 aliphatic rings. The van der Waals surface area contributed by atoms with Crippen LogP contribution in [0.1, 0.15) is 201 Å². The van der Waals surface area contributed by atoms with Gasteiger partial charge in [-0.15, -0.1) is 0 Å². The number of ether oxygens (including phenoxy) is 2. The van der Waals surface area contributed by atoms with Crippen molar-refractivity contribution in [2.24, 2.45) is 40.3 Å². The molecule has 7 atom stereocenters. The molecule has 0 aromatic carbocycles. The number of hydrogen-bond acceptors (Lipinski definition) is 26. The Bertz CT molecular complexity index is 5120. The Morgan fingerprint density at radius 1 is 0.575 bits per heavy atom. The van der Waals surface area contributed by atoms with Crippen LogP contribution in [0.5, 0.6) is 0 Å².